The molecule has 0 bridgehead atoms. The lowest BCUT2D eigenvalue weighted by molar-refractivity contribution is -0.141. The number of aromatic amines is 1. The molecule has 3 aliphatic heterocycles. The zero-order valence-corrected chi connectivity index (χ0v) is 15.6. The first-order valence-corrected chi connectivity index (χ1v) is 9.69. The van der Waals surface area contributed by atoms with E-state index in [2.05, 4.69) is 27.3 Å². The average Bonchev–Trinajstić information content (AvgIpc) is 3.11. The van der Waals surface area contributed by atoms with Gasteiger partial charge in [0.1, 0.15) is 0 Å². The molecule has 1 aromatic carbocycles. The molecule has 7 nitrogen and oxygen atoms in total. The van der Waals surface area contributed by atoms with Crippen LogP contribution in [0, 0.1) is 11.8 Å². The van der Waals surface area contributed by atoms with Crippen LogP contribution in [-0.4, -0.2) is 53.2 Å². The molecule has 5 rings (SSSR count). The number of amides is 1. The highest BCUT2D eigenvalue weighted by atomic mass is 16.5. The van der Waals surface area contributed by atoms with Crippen LogP contribution in [0.25, 0.3) is 10.9 Å². The highest BCUT2D eigenvalue weighted by molar-refractivity contribution is 5.94. The summed E-state index contributed by atoms with van der Waals surface area (Å²) in [6.07, 6.45) is 2.98. The molecule has 1 amide bonds. The van der Waals surface area contributed by atoms with E-state index in [-0.39, 0.29) is 30.5 Å². The molecule has 0 spiro atoms. The van der Waals surface area contributed by atoms with Gasteiger partial charge in [-0.1, -0.05) is 18.2 Å². The van der Waals surface area contributed by atoms with Gasteiger partial charge >= 0.3 is 5.97 Å². The number of H-pyrrole nitrogens is 1. The number of rotatable bonds is 2. The second-order valence-electron chi connectivity index (χ2n) is 7.78. The topological polar surface area (TPSA) is 94.7 Å². The number of aliphatic hydroxyl groups excluding tert-OH is 1. The van der Waals surface area contributed by atoms with E-state index in [9.17, 15) is 14.7 Å². The number of aliphatic hydroxyl groups is 1. The Balaban J connectivity index is 1.62. The molecule has 1 fully saturated rings. The van der Waals surface area contributed by atoms with Crippen LogP contribution >= 0.6 is 0 Å². The molecular formula is C21H23N3O4. The van der Waals surface area contributed by atoms with Crippen molar-refractivity contribution < 1.29 is 19.4 Å². The van der Waals surface area contributed by atoms with Crippen molar-refractivity contribution in [3.8, 4) is 0 Å². The Kier molecular flexibility index (Phi) is 4.03. The molecule has 0 aliphatic carbocycles. The molecule has 1 saturated heterocycles. The number of carbonyl (C=O) groups is 2. The minimum absolute atomic E-state index is 0.0218. The third-order valence-electron chi connectivity index (χ3n) is 6.63. The van der Waals surface area contributed by atoms with Gasteiger partial charge in [-0.25, -0.2) is 4.79 Å². The molecular weight excluding hydrogens is 358 g/mol. The first-order chi connectivity index (χ1) is 13.6. The van der Waals surface area contributed by atoms with Crippen LogP contribution in [-0.2, 0) is 20.7 Å². The fourth-order valence-electron chi connectivity index (χ4n) is 5.43. The van der Waals surface area contributed by atoms with E-state index < -0.39 is 11.9 Å². The maximum absolute atomic E-state index is 12.7. The standard InChI is InChI=1S/C21H23N3O4/c1-28-21(27)14-9-22-20(26)18-13(14)8-16-19-12(6-7-24(16)17(18)10-25)11-4-2-3-5-15(11)23-19/h2-5,9,13,16-18,23,25H,6-8,10H2,1H3,(H,22,26). The number of hydrogen-bond donors (Lipinski definition) is 3. The third-order valence-corrected chi connectivity index (χ3v) is 6.63. The van der Waals surface area contributed by atoms with Crippen LogP contribution in [0.15, 0.2) is 36.0 Å². The van der Waals surface area contributed by atoms with Crippen LogP contribution in [0.5, 0.6) is 0 Å². The SMILES string of the molecule is COC(=O)C1=CNC(=O)C2C1CC1c3[nH]c4ccccc4c3CCN1C2CO. The molecule has 0 radical (unpaired) electrons. The Morgan fingerprint density at radius 3 is 2.96 bits per heavy atom. The molecule has 146 valence electrons. The lowest BCUT2D eigenvalue weighted by Crippen LogP contribution is -2.60. The number of benzene rings is 1. The van der Waals surface area contributed by atoms with Crippen molar-refractivity contribution >= 4 is 22.8 Å². The van der Waals surface area contributed by atoms with Crippen molar-refractivity contribution in [3.63, 3.8) is 0 Å². The van der Waals surface area contributed by atoms with Crippen molar-refractivity contribution in [1.29, 1.82) is 0 Å². The summed E-state index contributed by atoms with van der Waals surface area (Å²) < 4.78 is 4.95. The predicted molar refractivity (Wildman–Crippen MR) is 102 cm³/mol. The van der Waals surface area contributed by atoms with E-state index in [1.807, 2.05) is 12.1 Å². The van der Waals surface area contributed by atoms with Gasteiger partial charge < -0.3 is 20.1 Å². The fourth-order valence-corrected chi connectivity index (χ4v) is 5.43. The van der Waals surface area contributed by atoms with Crippen LogP contribution in [0.2, 0.25) is 0 Å². The van der Waals surface area contributed by atoms with E-state index in [4.69, 9.17) is 4.74 Å². The Bertz CT molecular complexity index is 995. The summed E-state index contributed by atoms with van der Waals surface area (Å²) >= 11 is 0. The number of para-hydroxylation sites is 1. The van der Waals surface area contributed by atoms with Gasteiger partial charge in [0.05, 0.1) is 31.2 Å². The summed E-state index contributed by atoms with van der Waals surface area (Å²) in [7, 11) is 1.35. The van der Waals surface area contributed by atoms with Crippen LogP contribution in [0.4, 0.5) is 0 Å². The van der Waals surface area contributed by atoms with E-state index in [1.54, 1.807) is 0 Å². The molecule has 2 aromatic rings. The van der Waals surface area contributed by atoms with Gasteiger partial charge in [-0.3, -0.25) is 9.69 Å². The number of aromatic nitrogens is 1. The van der Waals surface area contributed by atoms with Gasteiger partial charge in [0.15, 0.2) is 0 Å². The number of methoxy groups -OCH3 is 1. The highest BCUT2D eigenvalue weighted by Crippen LogP contribution is 2.48. The fraction of sp³-hybridized carbons (Fsp3) is 0.429. The number of nitrogens with zero attached hydrogens (tertiary/aromatic N) is 1. The zero-order valence-electron chi connectivity index (χ0n) is 15.6. The van der Waals surface area contributed by atoms with Crippen LogP contribution in [0.3, 0.4) is 0 Å². The smallest absolute Gasteiger partial charge is 0.335 e. The Labute approximate surface area is 162 Å². The lowest BCUT2D eigenvalue weighted by Gasteiger charge is -2.51. The third kappa shape index (κ3) is 2.36. The predicted octanol–water partition coefficient (Wildman–Crippen LogP) is 1.25. The molecule has 3 aliphatic rings. The summed E-state index contributed by atoms with van der Waals surface area (Å²) in [5, 5.41) is 14.1. The Morgan fingerprint density at radius 2 is 2.18 bits per heavy atom. The number of carbonyl (C=O) groups excluding carboxylic acids is 2. The van der Waals surface area contributed by atoms with Crippen molar-refractivity contribution in [1.82, 2.24) is 15.2 Å². The van der Waals surface area contributed by atoms with E-state index >= 15 is 0 Å². The van der Waals surface area contributed by atoms with Crippen LogP contribution < -0.4 is 5.32 Å². The lowest BCUT2D eigenvalue weighted by atomic mass is 9.69. The maximum atomic E-state index is 12.7. The molecule has 1 aromatic heterocycles. The van der Waals surface area contributed by atoms with Crippen molar-refractivity contribution in [2.45, 2.75) is 24.9 Å². The minimum atomic E-state index is -0.466. The maximum Gasteiger partial charge on any atom is 0.335 e. The van der Waals surface area contributed by atoms with E-state index in [0.29, 0.717) is 12.0 Å². The molecule has 0 saturated carbocycles. The van der Waals surface area contributed by atoms with Crippen molar-refractivity contribution in [3.05, 3.63) is 47.3 Å². The summed E-state index contributed by atoms with van der Waals surface area (Å²) in [5.74, 6) is -1.31. The summed E-state index contributed by atoms with van der Waals surface area (Å²) in [6.45, 7) is 0.646. The molecule has 28 heavy (non-hydrogen) atoms. The summed E-state index contributed by atoms with van der Waals surface area (Å²) in [4.78, 5) is 30.8. The minimum Gasteiger partial charge on any atom is -0.466 e. The molecule has 7 heteroatoms. The number of ether oxygens (including phenoxy) is 1. The summed E-state index contributed by atoms with van der Waals surface area (Å²) in [5.41, 5.74) is 4.02. The monoisotopic (exact) mass is 381 g/mol. The van der Waals surface area contributed by atoms with E-state index in [0.717, 1.165) is 24.2 Å². The van der Waals surface area contributed by atoms with Gasteiger partial charge in [-0.05, 0) is 24.5 Å². The first kappa shape index (κ1) is 17.5. The van der Waals surface area contributed by atoms with E-state index in [1.165, 1.54) is 24.3 Å². The van der Waals surface area contributed by atoms with Gasteiger partial charge in [0.2, 0.25) is 5.91 Å². The molecule has 3 N–H and O–H groups in total. The van der Waals surface area contributed by atoms with Gasteiger partial charge in [0.25, 0.3) is 0 Å². The van der Waals surface area contributed by atoms with Crippen LogP contribution in [0.1, 0.15) is 23.7 Å². The Hall–Kier alpha value is -2.64. The van der Waals surface area contributed by atoms with Gasteiger partial charge in [-0.2, -0.15) is 0 Å². The normalized spacial score (nSPS) is 29.4. The van der Waals surface area contributed by atoms with Gasteiger partial charge in [-0.15, -0.1) is 0 Å². The number of nitrogens with one attached hydrogen (secondary N) is 2. The summed E-state index contributed by atoms with van der Waals surface area (Å²) in [6, 6.07) is 7.94. The average molecular weight is 381 g/mol. The number of piperidine rings is 1. The number of esters is 1. The number of hydrogen-bond acceptors (Lipinski definition) is 5. The number of fused-ring (bicyclic) bond motifs is 6. The highest BCUT2D eigenvalue weighted by Gasteiger charge is 2.52. The second kappa shape index (κ2) is 6.46. The largest absolute Gasteiger partial charge is 0.466 e. The molecule has 4 unspecified atom stereocenters. The quantitative estimate of drug-likeness (QED) is 0.681. The molecule has 4 heterocycles. The zero-order chi connectivity index (χ0) is 19.4. The second-order valence-corrected chi connectivity index (χ2v) is 7.78. The van der Waals surface area contributed by atoms with Crippen molar-refractivity contribution in [2.75, 3.05) is 20.3 Å². The molecule has 4 atom stereocenters. The first-order valence-electron chi connectivity index (χ1n) is 9.69. The van der Waals surface area contributed by atoms with Gasteiger partial charge in [0, 0.05) is 41.3 Å². The Morgan fingerprint density at radius 1 is 1.36 bits per heavy atom. The van der Waals surface area contributed by atoms with Crippen molar-refractivity contribution in [2.24, 2.45) is 11.8 Å².